The first-order valence-electron chi connectivity index (χ1n) is 9.45. The Balaban J connectivity index is 1.38. The molecule has 0 saturated carbocycles. The second-order valence-electron chi connectivity index (χ2n) is 6.93. The van der Waals surface area contributed by atoms with E-state index < -0.39 is 0 Å². The van der Waals surface area contributed by atoms with Gasteiger partial charge in [-0.15, -0.1) is 0 Å². The highest BCUT2D eigenvalue weighted by atomic mass is 35.5. The Morgan fingerprint density at radius 1 is 1.29 bits per heavy atom. The number of ether oxygens (including phenoxy) is 1. The molecule has 1 aliphatic rings. The van der Waals surface area contributed by atoms with Gasteiger partial charge in [-0.3, -0.25) is 0 Å². The van der Waals surface area contributed by atoms with E-state index in [1.165, 1.54) is 0 Å². The zero-order valence-corrected chi connectivity index (χ0v) is 16.5. The van der Waals surface area contributed by atoms with Gasteiger partial charge in [0.2, 0.25) is 0 Å². The molecule has 28 heavy (non-hydrogen) atoms. The number of hydrogen-bond donors (Lipinski definition) is 0. The monoisotopic (exact) mass is 395 g/mol. The number of rotatable bonds is 4. The van der Waals surface area contributed by atoms with Crippen LogP contribution in [0.1, 0.15) is 30.0 Å². The van der Waals surface area contributed by atoms with Crippen LogP contribution in [0, 0.1) is 0 Å². The summed E-state index contributed by atoms with van der Waals surface area (Å²) in [5, 5.41) is 4.83. The molecule has 1 radical (unpaired) electrons. The molecule has 0 bridgehead atoms. The Morgan fingerprint density at radius 2 is 2.04 bits per heavy atom. The molecule has 4 rings (SSSR count). The van der Waals surface area contributed by atoms with Crippen molar-refractivity contribution in [1.29, 1.82) is 0 Å². The van der Waals surface area contributed by atoms with Crippen LogP contribution in [0.3, 0.4) is 0 Å². The fourth-order valence-electron chi connectivity index (χ4n) is 3.54. The number of benzene rings is 1. The van der Waals surface area contributed by atoms with Gasteiger partial charge in [0.15, 0.2) is 12.9 Å². The molecule has 3 aromatic rings. The number of amides is 1. The average molecular weight is 396 g/mol. The minimum absolute atomic E-state index is 0.262. The van der Waals surface area contributed by atoms with Gasteiger partial charge < -0.3 is 9.64 Å². The second kappa shape index (κ2) is 8.23. The number of fused-ring (bicyclic) bond motifs is 1. The van der Waals surface area contributed by atoms with Crippen molar-refractivity contribution >= 4 is 36.1 Å². The van der Waals surface area contributed by atoms with Crippen LogP contribution in [0.5, 0.6) is 0 Å². The molecule has 0 aliphatic carbocycles. The third-order valence-corrected chi connectivity index (χ3v) is 5.43. The number of nitrogens with zero attached hydrogens (tertiary/aromatic N) is 4. The van der Waals surface area contributed by atoms with Crippen molar-refractivity contribution in [2.45, 2.75) is 32.2 Å². The first kappa shape index (κ1) is 18.8. The summed E-state index contributed by atoms with van der Waals surface area (Å²) in [7, 11) is 1.97. The second-order valence-corrected chi connectivity index (χ2v) is 7.32. The van der Waals surface area contributed by atoms with Gasteiger partial charge in [-0.25, -0.2) is 14.3 Å². The smallest absolute Gasteiger partial charge is 0.410 e. The van der Waals surface area contributed by atoms with Crippen LogP contribution < -0.4 is 5.46 Å². The number of aromatic nitrogens is 3. The molecular formula is C20H21BClN4O2. The van der Waals surface area contributed by atoms with Crippen molar-refractivity contribution in [3.8, 4) is 0 Å². The lowest BCUT2D eigenvalue weighted by atomic mass is 9.75. The highest BCUT2D eigenvalue weighted by Crippen LogP contribution is 2.29. The summed E-state index contributed by atoms with van der Waals surface area (Å²) in [6.45, 7) is 3.55. The molecule has 1 saturated heterocycles. The van der Waals surface area contributed by atoms with Gasteiger partial charge in [0.25, 0.3) is 0 Å². The zero-order chi connectivity index (χ0) is 19.5. The van der Waals surface area contributed by atoms with Crippen molar-refractivity contribution in [1.82, 2.24) is 19.5 Å². The largest absolute Gasteiger partial charge is 0.445 e. The van der Waals surface area contributed by atoms with Crippen molar-refractivity contribution in [3.63, 3.8) is 0 Å². The fraction of sp³-hybridized carbons (Fsp3) is 0.350. The summed E-state index contributed by atoms with van der Waals surface area (Å²) >= 11 is 6.39. The predicted molar refractivity (Wildman–Crippen MR) is 109 cm³/mol. The van der Waals surface area contributed by atoms with Crippen LogP contribution in [-0.4, -0.2) is 46.0 Å². The van der Waals surface area contributed by atoms with Gasteiger partial charge in [-0.2, -0.15) is 5.10 Å². The molecule has 1 aliphatic heterocycles. The summed E-state index contributed by atoms with van der Waals surface area (Å²) in [6.07, 6.45) is 3.17. The summed E-state index contributed by atoms with van der Waals surface area (Å²) < 4.78 is 7.09. The fourth-order valence-corrected chi connectivity index (χ4v) is 3.78. The normalized spacial score (nSPS) is 15.0. The minimum atomic E-state index is -0.262. The Kier molecular flexibility index (Phi) is 5.53. The molecule has 6 nitrogen and oxygen atoms in total. The van der Waals surface area contributed by atoms with E-state index >= 15 is 0 Å². The molecular weight excluding hydrogens is 375 g/mol. The van der Waals surface area contributed by atoms with Crippen molar-refractivity contribution in [2.75, 3.05) is 13.1 Å². The van der Waals surface area contributed by atoms with Gasteiger partial charge in [0.1, 0.15) is 11.8 Å². The zero-order valence-electron chi connectivity index (χ0n) is 15.7. The molecule has 8 heteroatoms. The summed E-state index contributed by atoms with van der Waals surface area (Å²) in [6, 6.07) is 11.6. The minimum Gasteiger partial charge on any atom is -0.445 e. The number of carbonyl (C=O) groups excluding carboxylic acids is 1. The van der Waals surface area contributed by atoms with Crippen LogP contribution in [0.15, 0.2) is 42.6 Å². The molecule has 2 aromatic heterocycles. The summed E-state index contributed by atoms with van der Waals surface area (Å²) in [5.74, 6) is 0.264. The molecule has 3 heterocycles. The molecule has 0 spiro atoms. The maximum Gasteiger partial charge on any atom is 0.410 e. The number of piperidine rings is 1. The van der Waals surface area contributed by atoms with Gasteiger partial charge in [0, 0.05) is 30.9 Å². The van der Waals surface area contributed by atoms with Gasteiger partial charge in [-0.1, -0.05) is 48.8 Å². The highest BCUT2D eigenvalue weighted by molar-refractivity contribution is 6.54. The van der Waals surface area contributed by atoms with Crippen LogP contribution >= 0.6 is 11.6 Å². The van der Waals surface area contributed by atoms with Gasteiger partial charge >= 0.3 is 6.09 Å². The summed E-state index contributed by atoms with van der Waals surface area (Å²) in [5.41, 5.74) is 3.68. The van der Waals surface area contributed by atoms with Crippen molar-refractivity contribution in [2.24, 2.45) is 0 Å². The molecule has 1 aromatic carbocycles. The van der Waals surface area contributed by atoms with Gasteiger partial charge in [-0.05, 0) is 29.9 Å². The molecule has 0 N–H and O–H groups in total. The number of hydrogen-bond acceptors (Lipinski definition) is 4. The van der Waals surface area contributed by atoms with Crippen molar-refractivity contribution < 1.29 is 9.53 Å². The Morgan fingerprint density at radius 3 is 2.75 bits per heavy atom. The molecule has 1 amide bonds. The lowest BCUT2D eigenvalue weighted by molar-refractivity contribution is 0.0868. The Bertz CT molecular complexity index is 971. The number of likely N-dealkylation sites (tertiary alicyclic amines) is 1. The quantitative estimate of drug-likeness (QED) is 0.502. The topological polar surface area (TPSA) is 59.7 Å². The Hall–Kier alpha value is -2.54. The number of halogens is 1. The number of carbonyl (C=O) groups is 1. The van der Waals surface area contributed by atoms with Crippen LogP contribution in [-0.2, 0) is 11.3 Å². The molecule has 0 atom stereocenters. The van der Waals surface area contributed by atoms with Crippen LogP contribution in [0.25, 0.3) is 5.65 Å². The van der Waals surface area contributed by atoms with E-state index in [9.17, 15) is 4.79 Å². The Labute approximate surface area is 169 Å². The van der Waals surface area contributed by atoms with E-state index in [2.05, 4.69) is 5.10 Å². The summed E-state index contributed by atoms with van der Waals surface area (Å²) in [4.78, 5) is 18.9. The van der Waals surface area contributed by atoms with Gasteiger partial charge in [0.05, 0.1) is 0 Å². The lowest BCUT2D eigenvalue weighted by Gasteiger charge is -2.31. The van der Waals surface area contributed by atoms with E-state index in [0.717, 1.165) is 35.2 Å². The van der Waals surface area contributed by atoms with E-state index in [-0.39, 0.29) is 12.0 Å². The average Bonchev–Trinajstić information content (AvgIpc) is 3.16. The maximum atomic E-state index is 12.3. The molecule has 0 unspecified atom stereocenters. The van der Waals surface area contributed by atoms with Crippen molar-refractivity contribution in [3.05, 3.63) is 59.0 Å². The third-order valence-electron chi connectivity index (χ3n) is 5.16. The maximum absolute atomic E-state index is 12.3. The van der Waals surface area contributed by atoms with Crippen LogP contribution in [0.4, 0.5) is 4.79 Å². The standard InChI is InChI=1S/C20H21BClN4O2/c1-21-16-12-23-26-18(22)11-17(24-19(16)26)15-7-9-25(10-8-15)20(27)28-13-14-5-3-2-4-6-14/h2-6,11-12,15H,7-10,13H2,1H3. The van der Waals surface area contributed by atoms with E-state index in [1.54, 1.807) is 15.6 Å². The molecule has 1 fully saturated rings. The lowest BCUT2D eigenvalue weighted by Crippen LogP contribution is -2.38. The van der Waals surface area contributed by atoms with E-state index in [0.29, 0.717) is 24.8 Å². The first-order valence-corrected chi connectivity index (χ1v) is 9.82. The first-order chi connectivity index (χ1) is 13.7. The van der Waals surface area contributed by atoms with Crippen LogP contribution in [0.2, 0.25) is 12.0 Å². The SMILES string of the molecule is C[B]c1cnn2c(Cl)cc(C3CCN(C(=O)OCc4ccccc4)CC3)nc12. The predicted octanol–water partition coefficient (Wildman–Crippen LogP) is 3.28. The highest BCUT2D eigenvalue weighted by Gasteiger charge is 2.26. The third kappa shape index (κ3) is 3.85. The molecule has 143 valence electrons. The van der Waals surface area contributed by atoms with E-state index in [4.69, 9.17) is 21.3 Å². The van der Waals surface area contributed by atoms with E-state index in [1.807, 2.05) is 50.5 Å².